The van der Waals surface area contributed by atoms with Gasteiger partial charge in [-0.2, -0.15) is 0 Å². The summed E-state index contributed by atoms with van der Waals surface area (Å²) in [7, 11) is 0. The van der Waals surface area contributed by atoms with Gasteiger partial charge in [-0.3, -0.25) is 0 Å². The molecule has 0 saturated heterocycles. The fourth-order valence-corrected chi connectivity index (χ4v) is 9.76. The Labute approximate surface area is 392 Å². The molecule has 0 unspecified atom stereocenters. The van der Waals surface area contributed by atoms with Crippen LogP contribution in [0.3, 0.4) is 0 Å². The van der Waals surface area contributed by atoms with E-state index in [0.717, 1.165) is 90.4 Å². The molecule has 0 spiro atoms. The summed E-state index contributed by atoms with van der Waals surface area (Å²) in [6.45, 7) is 0. The molecule has 4 aromatic heterocycles. The van der Waals surface area contributed by atoms with Gasteiger partial charge in [-0.05, 0) is 66.9 Å². The molecule has 0 fully saturated rings. The summed E-state index contributed by atoms with van der Waals surface area (Å²) in [5, 5.41) is 4.67. The van der Waals surface area contributed by atoms with Gasteiger partial charge in [-0.1, -0.05) is 170 Å². The minimum Gasteiger partial charge on any atom is -0.309 e. The zero-order valence-electron chi connectivity index (χ0n) is 36.8. The van der Waals surface area contributed by atoms with Gasteiger partial charge in [-0.25, -0.2) is 29.9 Å². The van der Waals surface area contributed by atoms with E-state index in [0.29, 0.717) is 34.9 Å². The number of allylic oxidation sites excluding steroid dienone is 4. The maximum Gasteiger partial charge on any atom is 0.164 e. The van der Waals surface area contributed by atoms with E-state index < -0.39 is 0 Å². The molecule has 0 N–H and O–H groups in total. The first-order chi connectivity index (χ1) is 33.7. The third-order valence-corrected chi connectivity index (χ3v) is 12.9. The Morgan fingerprint density at radius 2 is 0.868 bits per heavy atom. The predicted molar refractivity (Wildman–Crippen MR) is 275 cm³/mol. The van der Waals surface area contributed by atoms with Gasteiger partial charge in [0, 0.05) is 60.7 Å². The average Bonchev–Trinajstić information content (AvgIpc) is 3.95. The van der Waals surface area contributed by atoms with E-state index in [9.17, 15) is 0 Å². The minimum atomic E-state index is 0.504. The van der Waals surface area contributed by atoms with Crippen LogP contribution in [0.15, 0.2) is 218 Å². The summed E-state index contributed by atoms with van der Waals surface area (Å²) in [6, 6.07) is 69.5. The fourth-order valence-electron chi connectivity index (χ4n) is 9.76. The summed E-state index contributed by atoms with van der Waals surface area (Å²) in [4.78, 5) is 31.4. The molecule has 0 aliphatic heterocycles. The first kappa shape index (κ1) is 39.2. The molecule has 1 aliphatic rings. The summed E-state index contributed by atoms with van der Waals surface area (Å²) < 4.78 is 4.79. The van der Waals surface area contributed by atoms with Crippen molar-refractivity contribution in [2.45, 2.75) is 12.8 Å². The van der Waals surface area contributed by atoms with Crippen molar-refractivity contribution in [3.63, 3.8) is 0 Å². The molecule has 0 radical (unpaired) electrons. The Morgan fingerprint density at radius 3 is 1.49 bits per heavy atom. The molecule has 0 atom stereocenters. The predicted octanol–water partition coefficient (Wildman–Crippen LogP) is 14.3. The molecule has 4 heterocycles. The Morgan fingerprint density at radius 1 is 0.353 bits per heavy atom. The van der Waals surface area contributed by atoms with Crippen LogP contribution in [0.25, 0.3) is 117 Å². The van der Waals surface area contributed by atoms with Crippen molar-refractivity contribution in [3.05, 3.63) is 224 Å². The maximum absolute atomic E-state index is 5.33. The molecule has 320 valence electrons. The Balaban J connectivity index is 1.13. The van der Waals surface area contributed by atoms with Crippen molar-refractivity contribution >= 4 is 49.2 Å². The Kier molecular flexibility index (Phi) is 9.45. The van der Waals surface area contributed by atoms with Gasteiger partial charge in [0.1, 0.15) is 0 Å². The van der Waals surface area contributed by atoms with Crippen molar-refractivity contribution in [3.8, 4) is 68.3 Å². The SMILES string of the molecule is C1=CCCC(c2nc(-c3ccccc3)nc(-c3ccc(-n4c5ccccc5c5ccc6c(c7ccccc7n6-c6ccccc6)c54)cc3-c3nc(-c4ccccc4)nc(-c4ccccc4)n3)n2)=C1. The highest BCUT2D eigenvalue weighted by Gasteiger charge is 2.24. The lowest BCUT2D eigenvalue weighted by molar-refractivity contribution is 0.977. The van der Waals surface area contributed by atoms with E-state index in [2.05, 4.69) is 137 Å². The van der Waals surface area contributed by atoms with Gasteiger partial charge in [0.05, 0.1) is 22.1 Å². The van der Waals surface area contributed by atoms with Crippen molar-refractivity contribution in [2.75, 3.05) is 0 Å². The zero-order chi connectivity index (χ0) is 45.0. The van der Waals surface area contributed by atoms with Crippen LogP contribution in [-0.2, 0) is 0 Å². The molecule has 0 saturated carbocycles. The Hall–Kier alpha value is -9.14. The van der Waals surface area contributed by atoms with E-state index in [4.69, 9.17) is 29.9 Å². The van der Waals surface area contributed by atoms with Gasteiger partial charge in [0.15, 0.2) is 34.9 Å². The van der Waals surface area contributed by atoms with E-state index >= 15 is 0 Å². The highest BCUT2D eigenvalue weighted by Crippen LogP contribution is 2.43. The normalized spacial score (nSPS) is 12.6. The van der Waals surface area contributed by atoms with Crippen molar-refractivity contribution in [2.24, 2.45) is 0 Å². The number of aromatic nitrogens is 8. The molecule has 8 aromatic carbocycles. The standard InChI is InChI=1S/C60H40N8/c1-6-20-39(21-7-1)55-61-56(40-22-8-2-9-23-40)64-59(63-55)47-35-34-44(38-49(47)60-65-57(41-24-10-3-11-25-41)62-58(66-60)42-26-12-4-13-27-42)68-50-32-18-16-30-45(50)46-36-37-52-53(54(46)68)48-31-17-19-33-51(48)67(52)43-28-14-5-15-29-43/h1-8,10-22,24-38H,9,23H2. The molecular weight excluding hydrogens is 833 g/mol. The number of para-hydroxylation sites is 3. The molecule has 0 amide bonds. The van der Waals surface area contributed by atoms with Crippen LogP contribution < -0.4 is 0 Å². The van der Waals surface area contributed by atoms with Crippen molar-refractivity contribution in [1.82, 2.24) is 39.0 Å². The molecule has 13 rings (SSSR count). The first-order valence-corrected chi connectivity index (χ1v) is 22.9. The summed E-state index contributed by atoms with van der Waals surface area (Å²) in [5.41, 5.74) is 11.8. The number of rotatable bonds is 8. The second-order valence-electron chi connectivity index (χ2n) is 17.0. The minimum absolute atomic E-state index is 0.504. The van der Waals surface area contributed by atoms with Gasteiger partial charge in [0.25, 0.3) is 0 Å². The molecular formula is C60H40N8. The molecule has 1 aliphatic carbocycles. The molecule has 12 aromatic rings. The lowest BCUT2D eigenvalue weighted by Gasteiger charge is -2.16. The van der Waals surface area contributed by atoms with Crippen LogP contribution in [0.1, 0.15) is 18.7 Å². The number of nitrogens with zero attached hydrogens (tertiary/aromatic N) is 8. The second-order valence-corrected chi connectivity index (χ2v) is 17.0. The third-order valence-electron chi connectivity index (χ3n) is 12.9. The van der Waals surface area contributed by atoms with Crippen molar-refractivity contribution in [1.29, 1.82) is 0 Å². The molecule has 8 nitrogen and oxygen atoms in total. The number of hydrogen-bond donors (Lipinski definition) is 0. The largest absolute Gasteiger partial charge is 0.309 e. The van der Waals surface area contributed by atoms with E-state index in [1.807, 2.05) is 91.0 Å². The van der Waals surface area contributed by atoms with Crippen LogP contribution in [0.4, 0.5) is 0 Å². The Bertz CT molecular complexity index is 3890. The number of fused-ring (bicyclic) bond motifs is 7. The van der Waals surface area contributed by atoms with Gasteiger partial charge >= 0.3 is 0 Å². The summed E-state index contributed by atoms with van der Waals surface area (Å²) in [6.07, 6.45) is 8.13. The first-order valence-electron chi connectivity index (χ1n) is 22.9. The van der Waals surface area contributed by atoms with E-state index in [1.165, 1.54) is 10.8 Å². The highest BCUT2D eigenvalue weighted by molar-refractivity contribution is 6.26. The van der Waals surface area contributed by atoms with E-state index in [1.54, 1.807) is 0 Å². The smallest absolute Gasteiger partial charge is 0.164 e. The van der Waals surface area contributed by atoms with Gasteiger partial charge < -0.3 is 9.13 Å². The second kappa shape index (κ2) is 16.4. The average molecular weight is 873 g/mol. The molecule has 0 bridgehead atoms. The van der Waals surface area contributed by atoms with Crippen molar-refractivity contribution < 1.29 is 0 Å². The van der Waals surface area contributed by atoms with Gasteiger partial charge in [-0.15, -0.1) is 0 Å². The maximum atomic E-state index is 5.33. The van der Waals surface area contributed by atoms with Crippen LogP contribution in [0.5, 0.6) is 0 Å². The van der Waals surface area contributed by atoms with Gasteiger partial charge in [0.2, 0.25) is 0 Å². The van der Waals surface area contributed by atoms with Crippen LogP contribution >= 0.6 is 0 Å². The summed E-state index contributed by atoms with van der Waals surface area (Å²) >= 11 is 0. The monoisotopic (exact) mass is 872 g/mol. The van der Waals surface area contributed by atoms with Crippen LogP contribution in [0.2, 0.25) is 0 Å². The molecule has 8 heteroatoms. The fraction of sp³-hybridized carbons (Fsp3) is 0.0333. The lowest BCUT2D eigenvalue weighted by atomic mass is 10.0. The highest BCUT2D eigenvalue weighted by atomic mass is 15.1. The zero-order valence-corrected chi connectivity index (χ0v) is 36.8. The summed E-state index contributed by atoms with van der Waals surface area (Å²) in [5.74, 6) is 3.42. The third kappa shape index (κ3) is 6.69. The quantitative estimate of drug-likeness (QED) is 0.151. The number of benzene rings is 8. The van der Waals surface area contributed by atoms with Crippen LogP contribution in [0, 0.1) is 0 Å². The topological polar surface area (TPSA) is 87.2 Å². The lowest BCUT2D eigenvalue weighted by Crippen LogP contribution is -2.06. The van der Waals surface area contributed by atoms with E-state index in [-0.39, 0.29) is 0 Å². The molecule has 68 heavy (non-hydrogen) atoms. The number of hydrogen-bond acceptors (Lipinski definition) is 6. The van der Waals surface area contributed by atoms with Crippen LogP contribution in [-0.4, -0.2) is 39.0 Å².